The molecule has 0 fully saturated rings. The number of aldehydes is 1. The molecule has 0 bridgehead atoms. The largest absolute Gasteiger partial charge is 0.493 e. The Morgan fingerprint density at radius 3 is 2.69 bits per heavy atom. The molecule has 1 atom stereocenters. The van der Waals surface area contributed by atoms with Crippen molar-refractivity contribution in [3.05, 3.63) is 23.8 Å². The van der Waals surface area contributed by atoms with Crippen molar-refractivity contribution in [1.29, 1.82) is 0 Å². The van der Waals surface area contributed by atoms with Crippen LogP contribution >= 0.6 is 0 Å². The second-order valence-electron chi connectivity index (χ2n) is 3.35. The Bertz CT molecular complexity index is 349. The van der Waals surface area contributed by atoms with Crippen LogP contribution in [-0.2, 0) is 4.74 Å². The lowest BCUT2D eigenvalue weighted by Gasteiger charge is -2.15. The Labute approximate surface area is 95.1 Å². The predicted octanol–water partition coefficient (Wildman–Crippen LogP) is 1.92. The monoisotopic (exact) mass is 224 g/mol. The molecule has 88 valence electrons. The van der Waals surface area contributed by atoms with Crippen molar-refractivity contribution in [3.8, 4) is 11.5 Å². The van der Waals surface area contributed by atoms with E-state index >= 15 is 0 Å². The first-order valence-electron chi connectivity index (χ1n) is 5.00. The lowest BCUT2D eigenvalue weighted by atomic mass is 10.2. The molecule has 0 saturated heterocycles. The van der Waals surface area contributed by atoms with Crippen molar-refractivity contribution in [1.82, 2.24) is 0 Å². The summed E-state index contributed by atoms with van der Waals surface area (Å²) in [7, 11) is 3.15. The summed E-state index contributed by atoms with van der Waals surface area (Å²) >= 11 is 0. The molecule has 0 heterocycles. The molecule has 0 spiro atoms. The van der Waals surface area contributed by atoms with Crippen molar-refractivity contribution in [3.63, 3.8) is 0 Å². The van der Waals surface area contributed by atoms with Crippen LogP contribution in [0.1, 0.15) is 17.3 Å². The Hall–Kier alpha value is -1.55. The number of methoxy groups -OCH3 is 2. The molecular weight excluding hydrogens is 208 g/mol. The molecule has 0 N–H and O–H groups in total. The average Bonchev–Trinajstić information content (AvgIpc) is 2.35. The van der Waals surface area contributed by atoms with Crippen molar-refractivity contribution >= 4 is 6.29 Å². The highest BCUT2D eigenvalue weighted by molar-refractivity contribution is 5.81. The summed E-state index contributed by atoms with van der Waals surface area (Å²) in [5.74, 6) is 1.01. The topological polar surface area (TPSA) is 44.8 Å². The minimum atomic E-state index is -0.0376. The Kier molecular flexibility index (Phi) is 4.79. The molecule has 0 saturated carbocycles. The van der Waals surface area contributed by atoms with Gasteiger partial charge in [-0.1, -0.05) is 6.07 Å². The van der Waals surface area contributed by atoms with Gasteiger partial charge in [-0.25, -0.2) is 0 Å². The fraction of sp³-hybridized carbons (Fsp3) is 0.417. The first-order chi connectivity index (χ1) is 7.72. The van der Waals surface area contributed by atoms with Crippen LogP contribution in [0.3, 0.4) is 0 Å². The highest BCUT2D eigenvalue weighted by Crippen LogP contribution is 2.30. The van der Waals surface area contributed by atoms with Crippen molar-refractivity contribution in [2.45, 2.75) is 13.0 Å². The maximum Gasteiger partial charge on any atom is 0.171 e. The first-order valence-corrected chi connectivity index (χ1v) is 5.00. The third-order valence-electron chi connectivity index (χ3n) is 2.22. The molecule has 0 amide bonds. The number of hydrogen-bond acceptors (Lipinski definition) is 4. The number of para-hydroxylation sites is 1. The zero-order chi connectivity index (χ0) is 12.0. The van der Waals surface area contributed by atoms with Gasteiger partial charge in [-0.15, -0.1) is 0 Å². The normalized spacial score (nSPS) is 11.9. The van der Waals surface area contributed by atoms with Crippen molar-refractivity contribution in [2.75, 3.05) is 20.8 Å². The van der Waals surface area contributed by atoms with Crippen LogP contribution in [0.15, 0.2) is 18.2 Å². The molecule has 0 radical (unpaired) electrons. The Balaban J connectivity index is 2.86. The average molecular weight is 224 g/mol. The van der Waals surface area contributed by atoms with Crippen LogP contribution in [0.5, 0.6) is 11.5 Å². The summed E-state index contributed by atoms with van der Waals surface area (Å²) in [5.41, 5.74) is 0.475. The van der Waals surface area contributed by atoms with E-state index in [4.69, 9.17) is 14.2 Å². The van der Waals surface area contributed by atoms with E-state index in [0.29, 0.717) is 23.7 Å². The van der Waals surface area contributed by atoms with Gasteiger partial charge in [0.1, 0.15) is 6.61 Å². The van der Waals surface area contributed by atoms with Crippen LogP contribution in [0.25, 0.3) is 0 Å². The second kappa shape index (κ2) is 6.12. The molecule has 0 aliphatic heterocycles. The summed E-state index contributed by atoms with van der Waals surface area (Å²) in [6, 6.07) is 5.18. The number of hydrogen-bond donors (Lipinski definition) is 0. The summed E-state index contributed by atoms with van der Waals surface area (Å²) < 4.78 is 15.7. The predicted molar refractivity (Wildman–Crippen MR) is 60.3 cm³/mol. The molecule has 1 rings (SSSR count). The van der Waals surface area contributed by atoms with Crippen LogP contribution < -0.4 is 9.47 Å². The minimum absolute atomic E-state index is 0.0376. The Morgan fingerprint density at radius 2 is 2.12 bits per heavy atom. The maximum atomic E-state index is 10.8. The van der Waals surface area contributed by atoms with Crippen LogP contribution in [-0.4, -0.2) is 33.2 Å². The lowest BCUT2D eigenvalue weighted by molar-refractivity contribution is 0.0700. The maximum absolute atomic E-state index is 10.8. The van der Waals surface area contributed by atoms with Gasteiger partial charge in [0.2, 0.25) is 0 Å². The van der Waals surface area contributed by atoms with Crippen molar-refractivity contribution < 1.29 is 19.0 Å². The molecule has 4 heteroatoms. The summed E-state index contributed by atoms with van der Waals surface area (Å²) in [6.07, 6.45) is 0.708. The zero-order valence-electron chi connectivity index (χ0n) is 9.73. The number of ether oxygens (including phenoxy) is 3. The summed E-state index contributed by atoms with van der Waals surface area (Å²) in [5, 5.41) is 0. The van der Waals surface area contributed by atoms with E-state index in [1.165, 1.54) is 7.11 Å². The van der Waals surface area contributed by atoms with Crippen LogP contribution in [0.2, 0.25) is 0 Å². The highest BCUT2D eigenvalue weighted by Gasteiger charge is 2.11. The van der Waals surface area contributed by atoms with E-state index in [0.717, 1.165) is 6.29 Å². The van der Waals surface area contributed by atoms with Gasteiger partial charge >= 0.3 is 0 Å². The van der Waals surface area contributed by atoms with E-state index in [-0.39, 0.29) is 6.10 Å². The molecule has 16 heavy (non-hydrogen) atoms. The van der Waals surface area contributed by atoms with Crippen LogP contribution in [0, 0.1) is 0 Å². The lowest BCUT2D eigenvalue weighted by Crippen LogP contribution is -2.16. The smallest absolute Gasteiger partial charge is 0.171 e. The van der Waals surface area contributed by atoms with E-state index < -0.39 is 0 Å². The number of carbonyl (C=O) groups excluding carboxylic acids is 1. The number of rotatable bonds is 6. The molecule has 4 nitrogen and oxygen atoms in total. The fourth-order valence-corrected chi connectivity index (χ4v) is 1.21. The SMILES string of the molecule is COc1cccc(C=O)c1OCC(C)OC. The molecule has 1 aromatic carbocycles. The van der Waals surface area contributed by atoms with Crippen LogP contribution in [0.4, 0.5) is 0 Å². The van der Waals surface area contributed by atoms with E-state index in [2.05, 4.69) is 0 Å². The highest BCUT2D eigenvalue weighted by atomic mass is 16.5. The van der Waals surface area contributed by atoms with Gasteiger partial charge in [-0.3, -0.25) is 4.79 Å². The standard InChI is InChI=1S/C12H16O4/c1-9(14-2)8-16-12-10(7-13)5-4-6-11(12)15-3/h4-7,9H,8H2,1-3H3. The van der Waals surface area contributed by atoms with E-state index in [1.54, 1.807) is 25.3 Å². The quantitative estimate of drug-likeness (QED) is 0.692. The molecule has 0 aliphatic carbocycles. The molecule has 1 unspecified atom stereocenters. The van der Waals surface area contributed by atoms with Gasteiger partial charge in [0.05, 0.1) is 18.8 Å². The van der Waals surface area contributed by atoms with Gasteiger partial charge in [0.25, 0.3) is 0 Å². The molecule has 1 aromatic rings. The zero-order valence-corrected chi connectivity index (χ0v) is 9.73. The third-order valence-corrected chi connectivity index (χ3v) is 2.22. The Morgan fingerprint density at radius 1 is 1.38 bits per heavy atom. The fourth-order valence-electron chi connectivity index (χ4n) is 1.21. The van der Waals surface area contributed by atoms with Gasteiger partial charge in [0.15, 0.2) is 17.8 Å². The van der Waals surface area contributed by atoms with E-state index in [1.807, 2.05) is 6.92 Å². The molecule has 0 aliphatic rings. The van der Waals surface area contributed by atoms with Crippen molar-refractivity contribution in [2.24, 2.45) is 0 Å². The second-order valence-corrected chi connectivity index (χ2v) is 3.35. The van der Waals surface area contributed by atoms with E-state index in [9.17, 15) is 4.79 Å². The third kappa shape index (κ3) is 2.97. The first kappa shape index (κ1) is 12.5. The van der Waals surface area contributed by atoms with Gasteiger partial charge < -0.3 is 14.2 Å². The van der Waals surface area contributed by atoms with Gasteiger partial charge in [-0.05, 0) is 19.1 Å². The molecular formula is C12H16O4. The summed E-state index contributed by atoms with van der Waals surface area (Å²) in [6.45, 7) is 2.26. The molecule has 0 aromatic heterocycles. The van der Waals surface area contributed by atoms with Gasteiger partial charge in [0, 0.05) is 7.11 Å². The van der Waals surface area contributed by atoms with Gasteiger partial charge in [-0.2, -0.15) is 0 Å². The number of carbonyl (C=O) groups is 1. The summed E-state index contributed by atoms with van der Waals surface area (Å²) in [4.78, 5) is 10.8. The number of benzene rings is 1. The minimum Gasteiger partial charge on any atom is -0.493 e.